The molecule has 5 amide bonds. The predicted octanol–water partition coefficient (Wildman–Crippen LogP) is 4.99. The highest BCUT2D eigenvalue weighted by atomic mass is 16.6. The number of nitrogens with zero attached hydrogens (tertiary/aromatic N) is 2. The highest BCUT2D eigenvalue weighted by Crippen LogP contribution is 2.44. The lowest BCUT2D eigenvalue weighted by Gasteiger charge is -2.22. The van der Waals surface area contributed by atoms with Crippen LogP contribution in [0.15, 0.2) is 58.6 Å². The van der Waals surface area contributed by atoms with E-state index in [4.69, 9.17) is 14.2 Å². The number of hydrogen-bond donors (Lipinski definition) is 5. The van der Waals surface area contributed by atoms with Crippen molar-refractivity contribution in [3.05, 3.63) is 59.7 Å². The third-order valence-electron chi connectivity index (χ3n) is 6.48. The zero-order valence-electron chi connectivity index (χ0n) is 27.9. The van der Waals surface area contributed by atoms with Crippen LogP contribution in [0.3, 0.4) is 0 Å². The summed E-state index contributed by atoms with van der Waals surface area (Å²) in [7, 11) is 1.45. The Bertz CT molecular complexity index is 1400. The van der Waals surface area contributed by atoms with Gasteiger partial charge in [-0.1, -0.05) is 48.5 Å². The highest BCUT2D eigenvalue weighted by Gasteiger charge is 2.29. The topological polar surface area (TPSA) is 181 Å². The quantitative estimate of drug-likeness (QED) is 0.0832. The summed E-state index contributed by atoms with van der Waals surface area (Å²) >= 11 is 0. The van der Waals surface area contributed by atoms with Crippen LogP contribution in [0.1, 0.15) is 71.4 Å². The summed E-state index contributed by atoms with van der Waals surface area (Å²) in [5, 5.41) is 13.9. The molecule has 2 aromatic carbocycles. The van der Waals surface area contributed by atoms with Crippen molar-refractivity contribution in [1.82, 2.24) is 26.7 Å². The molecule has 0 bridgehead atoms. The minimum Gasteiger partial charge on any atom is -0.449 e. The monoisotopic (exact) mass is 651 g/mol. The van der Waals surface area contributed by atoms with Crippen LogP contribution in [0.2, 0.25) is 0 Å². The van der Waals surface area contributed by atoms with Crippen LogP contribution in [0.25, 0.3) is 11.1 Å². The number of urea groups is 1. The van der Waals surface area contributed by atoms with Crippen LogP contribution in [0, 0.1) is 0 Å². The molecule has 47 heavy (non-hydrogen) atoms. The van der Waals surface area contributed by atoms with E-state index in [1.807, 2.05) is 36.4 Å². The summed E-state index contributed by atoms with van der Waals surface area (Å²) in [4.78, 5) is 53.6. The van der Waals surface area contributed by atoms with Gasteiger partial charge in [-0.3, -0.25) is 15.6 Å². The molecule has 0 fully saturated rings. The van der Waals surface area contributed by atoms with E-state index in [1.54, 1.807) is 41.5 Å². The molecule has 1 aliphatic carbocycles. The van der Waals surface area contributed by atoms with Crippen LogP contribution in [-0.2, 0) is 14.2 Å². The molecule has 0 aliphatic heterocycles. The van der Waals surface area contributed by atoms with Gasteiger partial charge in [-0.15, -0.1) is 0 Å². The molecule has 0 spiro atoms. The number of fused-ring (bicyclic) bond motifs is 3. The van der Waals surface area contributed by atoms with E-state index in [1.165, 1.54) is 13.3 Å². The number of rotatable bonds is 9. The smallest absolute Gasteiger partial charge is 0.414 e. The van der Waals surface area contributed by atoms with Crippen molar-refractivity contribution in [2.24, 2.45) is 10.1 Å². The van der Waals surface area contributed by atoms with Crippen LogP contribution < -0.4 is 26.7 Å². The first-order valence-corrected chi connectivity index (χ1v) is 15.3. The van der Waals surface area contributed by atoms with Gasteiger partial charge in [-0.25, -0.2) is 24.6 Å². The van der Waals surface area contributed by atoms with Gasteiger partial charge in [0.25, 0.3) is 0 Å². The Labute approximate surface area is 275 Å². The lowest BCUT2D eigenvalue weighted by molar-refractivity contribution is 0.0544. The number of ether oxygens (including phenoxy) is 3. The normalized spacial score (nSPS) is 13.0. The summed E-state index contributed by atoms with van der Waals surface area (Å²) in [6.45, 7) is 10.5. The zero-order valence-corrected chi connectivity index (χ0v) is 27.9. The van der Waals surface area contributed by atoms with E-state index in [0.29, 0.717) is 12.8 Å². The van der Waals surface area contributed by atoms with Gasteiger partial charge >= 0.3 is 24.3 Å². The van der Waals surface area contributed by atoms with Crippen molar-refractivity contribution in [2.75, 3.05) is 20.2 Å². The molecule has 5 N–H and O–H groups in total. The molecule has 0 radical (unpaired) electrons. The van der Waals surface area contributed by atoms with Gasteiger partial charge in [0.05, 0.1) is 6.04 Å². The van der Waals surface area contributed by atoms with Crippen molar-refractivity contribution in [2.45, 2.75) is 77.5 Å². The average molecular weight is 652 g/mol. The Balaban J connectivity index is 1.65. The largest absolute Gasteiger partial charge is 0.449 e. The van der Waals surface area contributed by atoms with Crippen molar-refractivity contribution >= 4 is 36.5 Å². The molecule has 0 saturated carbocycles. The van der Waals surface area contributed by atoms with E-state index < -0.39 is 41.6 Å². The minimum absolute atomic E-state index is 0.113. The molecular formula is C33H45N7O7. The SMILES string of the molecule is CNC(=O)N/N=C/C(CCCN=C(NC(=O)OC(C)(C)C)NC(=O)OC(C)(C)C)NC(=O)OCC1c2ccccc2-c2ccccc21. The maximum atomic E-state index is 13.0. The van der Waals surface area contributed by atoms with E-state index >= 15 is 0 Å². The lowest BCUT2D eigenvalue weighted by atomic mass is 9.98. The van der Waals surface area contributed by atoms with Gasteiger partial charge in [0, 0.05) is 25.7 Å². The Hall–Kier alpha value is -5.14. The molecule has 1 atom stereocenters. The van der Waals surface area contributed by atoms with Crippen LogP contribution in [0.5, 0.6) is 0 Å². The van der Waals surface area contributed by atoms with Crippen LogP contribution in [-0.4, -0.2) is 73.9 Å². The summed E-state index contributed by atoms with van der Waals surface area (Å²) in [6, 6.07) is 14.9. The third-order valence-corrected chi connectivity index (χ3v) is 6.48. The third kappa shape index (κ3) is 12.3. The number of alkyl carbamates (subject to hydrolysis) is 3. The zero-order chi connectivity index (χ0) is 34.6. The first kappa shape index (κ1) is 36.3. The average Bonchev–Trinajstić information content (AvgIpc) is 3.29. The number of guanidine groups is 1. The summed E-state index contributed by atoms with van der Waals surface area (Å²) in [5.74, 6) is -0.276. The fourth-order valence-electron chi connectivity index (χ4n) is 4.63. The van der Waals surface area contributed by atoms with Crippen LogP contribution >= 0.6 is 0 Å². The first-order valence-electron chi connectivity index (χ1n) is 15.3. The highest BCUT2D eigenvalue weighted by molar-refractivity contribution is 6.01. The molecule has 0 heterocycles. The molecule has 1 aliphatic rings. The van der Waals surface area contributed by atoms with Crippen molar-refractivity contribution in [3.8, 4) is 11.1 Å². The standard InChI is InChI=1S/C33H45N7O7/c1-32(2,3)46-30(43)38-27(39-31(44)47-33(4,5)6)35-18-12-13-21(19-36-40-28(41)34-7)37-29(42)45-20-26-24-16-10-8-14-22(24)23-15-9-11-17-25(23)26/h8-11,14-17,19,21,26H,12-13,18,20H2,1-7H3,(H,37,42)(H2,34,40,41)(H2,35,38,39,43,44)/b36-19+. The number of carbonyl (C=O) groups excluding carboxylic acids is 4. The molecule has 14 nitrogen and oxygen atoms in total. The summed E-state index contributed by atoms with van der Waals surface area (Å²) in [6.07, 6.45) is -0.219. The second-order valence-electron chi connectivity index (χ2n) is 12.7. The summed E-state index contributed by atoms with van der Waals surface area (Å²) < 4.78 is 16.2. The fourth-order valence-corrected chi connectivity index (χ4v) is 4.63. The molecule has 1 unspecified atom stereocenters. The Morgan fingerprint density at radius 1 is 0.830 bits per heavy atom. The maximum Gasteiger partial charge on any atom is 0.414 e. The molecular weight excluding hydrogens is 606 g/mol. The Kier molecular flexibility index (Phi) is 12.7. The number of amides is 5. The molecule has 0 saturated heterocycles. The number of hydrazone groups is 1. The van der Waals surface area contributed by atoms with Crippen molar-refractivity contribution in [3.63, 3.8) is 0 Å². The molecule has 0 aromatic heterocycles. The number of nitrogens with one attached hydrogen (secondary N) is 5. The Morgan fingerprint density at radius 2 is 1.36 bits per heavy atom. The fraction of sp³-hybridized carbons (Fsp3) is 0.455. The molecule has 254 valence electrons. The van der Waals surface area contributed by atoms with Gasteiger partial charge in [0.15, 0.2) is 0 Å². The van der Waals surface area contributed by atoms with Gasteiger partial charge in [-0.2, -0.15) is 5.10 Å². The Morgan fingerprint density at radius 3 is 1.87 bits per heavy atom. The molecule has 3 rings (SSSR count). The summed E-state index contributed by atoms with van der Waals surface area (Å²) in [5.41, 5.74) is 5.15. The predicted molar refractivity (Wildman–Crippen MR) is 178 cm³/mol. The van der Waals surface area contributed by atoms with E-state index in [0.717, 1.165) is 22.3 Å². The van der Waals surface area contributed by atoms with E-state index in [2.05, 4.69) is 48.9 Å². The van der Waals surface area contributed by atoms with E-state index in [-0.39, 0.29) is 25.0 Å². The maximum absolute atomic E-state index is 13.0. The number of benzene rings is 2. The van der Waals surface area contributed by atoms with Gasteiger partial charge in [0.1, 0.15) is 17.8 Å². The lowest BCUT2D eigenvalue weighted by Crippen LogP contribution is -2.47. The van der Waals surface area contributed by atoms with Crippen molar-refractivity contribution in [1.29, 1.82) is 0 Å². The number of hydrogen-bond acceptors (Lipinski definition) is 9. The van der Waals surface area contributed by atoms with Gasteiger partial charge in [0.2, 0.25) is 5.96 Å². The second kappa shape index (κ2) is 16.4. The van der Waals surface area contributed by atoms with Crippen LogP contribution in [0.4, 0.5) is 19.2 Å². The number of aliphatic imine (C=N–C) groups is 1. The van der Waals surface area contributed by atoms with Gasteiger partial charge < -0.3 is 24.8 Å². The second-order valence-corrected chi connectivity index (χ2v) is 12.7. The molecule has 14 heteroatoms. The first-order chi connectivity index (χ1) is 22.1. The van der Waals surface area contributed by atoms with Gasteiger partial charge in [-0.05, 0) is 76.6 Å². The minimum atomic E-state index is -0.811. The van der Waals surface area contributed by atoms with Crippen molar-refractivity contribution < 1.29 is 33.4 Å². The van der Waals surface area contributed by atoms with E-state index in [9.17, 15) is 19.2 Å². The molecule has 2 aromatic rings. The number of carbonyl (C=O) groups is 4.